The quantitative estimate of drug-likeness (QED) is 0.678. The third-order valence-electron chi connectivity index (χ3n) is 3.54. The molecule has 2 amide bonds. The first kappa shape index (κ1) is 16.3. The van der Waals surface area contributed by atoms with Gasteiger partial charge in [-0.1, -0.05) is 30.3 Å². The van der Waals surface area contributed by atoms with Crippen molar-refractivity contribution in [1.82, 2.24) is 31.1 Å². The molecule has 0 aliphatic carbocycles. The van der Waals surface area contributed by atoms with E-state index in [1.165, 1.54) is 11.0 Å². The van der Waals surface area contributed by atoms with E-state index in [9.17, 15) is 9.59 Å². The first-order chi connectivity index (χ1) is 12.2. The van der Waals surface area contributed by atoms with Gasteiger partial charge in [-0.3, -0.25) is 20.4 Å². The Morgan fingerprint density at radius 2 is 1.72 bits per heavy atom. The second-order valence-electron chi connectivity index (χ2n) is 5.29. The molecule has 8 nitrogen and oxygen atoms in total. The standard InChI is InChI=1S/C17H16N6O2/c24-16(11-6-13-4-2-1-3-5-13)19-20-17(25)14-7-9-15(10-8-14)23-12-18-21-22-23/h1-5,7-10,12H,6,11H2,(H,19,24)(H,20,25). The van der Waals surface area contributed by atoms with Gasteiger partial charge in [-0.2, -0.15) is 0 Å². The molecule has 3 rings (SSSR count). The Labute approximate surface area is 143 Å². The number of aromatic nitrogens is 4. The molecule has 0 aliphatic rings. The number of nitrogens with one attached hydrogen (secondary N) is 2. The molecular formula is C17H16N6O2. The first-order valence-corrected chi connectivity index (χ1v) is 7.69. The summed E-state index contributed by atoms with van der Waals surface area (Å²) in [6.45, 7) is 0. The molecule has 0 bridgehead atoms. The Morgan fingerprint density at radius 3 is 2.40 bits per heavy atom. The fraction of sp³-hybridized carbons (Fsp3) is 0.118. The van der Waals surface area contributed by atoms with Gasteiger partial charge in [-0.15, -0.1) is 5.10 Å². The summed E-state index contributed by atoms with van der Waals surface area (Å²) < 4.78 is 1.48. The summed E-state index contributed by atoms with van der Waals surface area (Å²) in [5.41, 5.74) is 7.04. The second-order valence-corrected chi connectivity index (χ2v) is 5.29. The van der Waals surface area contributed by atoms with Gasteiger partial charge in [0, 0.05) is 12.0 Å². The molecule has 1 aromatic heterocycles. The second kappa shape index (κ2) is 7.82. The highest BCUT2D eigenvalue weighted by Crippen LogP contribution is 2.07. The average molecular weight is 336 g/mol. The number of hydrazine groups is 1. The van der Waals surface area contributed by atoms with Gasteiger partial charge >= 0.3 is 0 Å². The van der Waals surface area contributed by atoms with E-state index in [4.69, 9.17) is 0 Å². The minimum atomic E-state index is -0.392. The SMILES string of the molecule is O=C(CCc1ccccc1)NNC(=O)c1ccc(-n2cnnn2)cc1. The van der Waals surface area contributed by atoms with Gasteiger partial charge < -0.3 is 0 Å². The maximum atomic E-state index is 12.0. The van der Waals surface area contributed by atoms with Crippen LogP contribution in [0.4, 0.5) is 0 Å². The Bertz CT molecular complexity index is 831. The molecule has 1 heterocycles. The summed E-state index contributed by atoms with van der Waals surface area (Å²) >= 11 is 0. The molecular weight excluding hydrogens is 320 g/mol. The highest BCUT2D eigenvalue weighted by Gasteiger charge is 2.08. The summed E-state index contributed by atoms with van der Waals surface area (Å²) in [5, 5.41) is 10.9. The lowest BCUT2D eigenvalue weighted by Crippen LogP contribution is -2.41. The number of benzene rings is 2. The number of rotatable bonds is 5. The van der Waals surface area contributed by atoms with Crippen molar-refractivity contribution in [3.63, 3.8) is 0 Å². The van der Waals surface area contributed by atoms with E-state index in [1.807, 2.05) is 30.3 Å². The monoisotopic (exact) mass is 336 g/mol. The fourth-order valence-electron chi connectivity index (χ4n) is 2.21. The van der Waals surface area contributed by atoms with Gasteiger partial charge in [0.05, 0.1) is 5.69 Å². The smallest absolute Gasteiger partial charge is 0.269 e. The molecule has 0 spiro atoms. The minimum Gasteiger partial charge on any atom is -0.273 e. The van der Waals surface area contributed by atoms with Crippen LogP contribution in [0.3, 0.4) is 0 Å². The van der Waals surface area contributed by atoms with Gasteiger partial charge in [0.15, 0.2) is 0 Å². The van der Waals surface area contributed by atoms with Gasteiger partial charge in [0.1, 0.15) is 6.33 Å². The normalized spacial score (nSPS) is 10.2. The minimum absolute atomic E-state index is 0.248. The summed E-state index contributed by atoms with van der Waals surface area (Å²) in [5.74, 6) is -0.640. The van der Waals surface area contributed by atoms with E-state index in [0.717, 1.165) is 11.3 Å². The van der Waals surface area contributed by atoms with Crippen molar-refractivity contribution in [1.29, 1.82) is 0 Å². The number of hydrogen-bond donors (Lipinski definition) is 2. The largest absolute Gasteiger partial charge is 0.273 e. The summed E-state index contributed by atoms with van der Waals surface area (Å²) in [4.78, 5) is 23.9. The van der Waals surface area contributed by atoms with Crippen LogP contribution in [0.5, 0.6) is 0 Å². The lowest BCUT2D eigenvalue weighted by atomic mass is 10.1. The van der Waals surface area contributed by atoms with Crippen LogP contribution in [0.15, 0.2) is 60.9 Å². The van der Waals surface area contributed by atoms with Crippen LogP contribution in [-0.4, -0.2) is 32.0 Å². The number of carbonyl (C=O) groups excluding carboxylic acids is 2. The lowest BCUT2D eigenvalue weighted by molar-refractivity contribution is -0.121. The van der Waals surface area contributed by atoms with E-state index in [-0.39, 0.29) is 5.91 Å². The molecule has 3 aromatic rings. The molecule has 25 heavy (non-hydrogen) atoms. The molecule has 0 aliphatic heterocycles. The predicted octanol–water partition coefficient (Wildman–Crippen LogP) is 1.06. The Kier molecular flexibility index (Phi) is 5.10. The van der Waals surface area contributed by atoms with E-state index >= 15 is 0 Å². The van der Waals surface area contributed by atoms with Crippen LogP contribution >= 0.6 is 0 Å². The molecule has 8 heteroatoms. The Hall–Kier alpha value is -3.55. The van der Waals surface area contributed by atoms with E-state index in [2.05, 4.69) is 26.4 Å². The fourth-order valence-corrected chi connectivity index (χ4v) is 2.21. The number of nitrogens with zero attached hydrogens (tertiary/aromatic N) is 4. The molecule has 2 N–H and O–H groups in total. The van der Waals surface area contributed by atoms with Crippen LogP contribution in [0.2, 0.25) is 0 Å². The van der Waals surface area contributed by atoms with E-state index < -0.39 is 5.91 Å². The van der Waals surface area contributed by atoms with Crippen molar-refractivity contribution in [3.8, 4) is 5.69 Å². The summed E-state index contributed by atoms with van der Waals surface area (Å²) in [6.07, 6.45) is 2.37. The van der Waals surface area contributed by atoms with Crippen molar-refractivity contribution in [2.75, 3.05) is 0 Å². The molecule has 0 atom stereocenters. The van der Waals surface area contributed by atoms with Crippen molar-refractivity contribution in [3.05, 3.63) is 72.1 Å². The number of tetrazole rings is 1. The van der Waals surface area contributed by atoms with Crippen LogP contribution in [-0.2, 0) is 11.2 Å². The number of amides is 2. The molecule has 0 unspecified atom stereocenters. The topological polar surface area (TPSA) is 102 Å². The van der Waals surface area contributed by atoms with Gasteiger partial charge in [0.25, 0.3) is 5.91 Å². The van der Waals surface area contributed by atoms with Crippen LogP contribution in [0, 0.1) is 0 Å². The Morgan fingerprint density at radius 1 is 0.960 bits per heavy atom. The lowest BCUT2D eigenvalue weighted by Gasteiger charge is -2.08. The van der Waals surface area contributed by atoms with Crippen molar-refractivity contribution in [2.45, 2.75) is 12.8 Å². The number of hydrogen-bond acceptors (Lipinski definition) is 5. The highest BCUT2D eigenvalue weighted by molar-refractivity contribution is 5.95. The maximum Gasteiger partial charge on any atom is 0.269 e. The average Bonchev–Trinajstić information content (AvgIpc) is 3.20. The molecule has 0 saturated carbocycles. The Balaban J connectivity index is 1.48. The van der Waals surface area contributed by atoms with Crippen LogP contribution < -0.4 is 10.9 Å². The molecule has 0 saturated heterocycles. The summed E-state index contributed by atoms with van der Waals surface area (Å²) in [7, 11) is 0. The highest BCUT2D eigenvalue weighted by atomic mass is 16.2. The van der Waals surface area contributed by atoms with Gasteiger partial charge in [-0.05, 0) is 46.7 Å². The third kappa shape index (κ3) is 4.47. The van der Waals surface area contributed by atoms with Crippen molar-refractivity contribution < 1.29 is 9.59 Å². The van der Waals surface area contributed by atoms with E-state index in [0.29, 0.717) is 18.4 Å². The maximum absolute atomic E-state index is 12.0. The first-order valence-electron chi connectivity index (χ1n) is 7.69. The molecule has 2 aromatic carbocycles. The van der Waals surface area contributed by atoms with Gasteiger partial charge in [-0.25, -0.2) is 4.68 Å². The van der Waals surface area contributed by atoms with E-state index in [1.54, 1.807) is 24.3 Å². The molecule has 0 fully saturated rings. The predicted molar refractivity (Wildman–Crippen MR) is 89.5 cm³/mol. The van der Waals surface area contributed by atoms with Crippen molar-refractivity contribution >= 4 is 11.8 Å². The zero-order valence-electron chi connectivity index (χ0n) is 13.3. The zero-order valence-corrected chi connectivity index (χ0v) is 13.3. The molecule has 126 valence electrons. The zero-order chi connectivity index (χ0) is 17.5. The van der Waals surface area contributed by atoms with Crippen LogP contribution in [0.25, 0.3) is 5.69 Å². The summed E-state index contributed by atoms with van der Waals surface area (Å²) in [6, 6.07) is 16.4. The molecule has 0 radical (unpaired) electrons. The van der Waals surface area contributed by atoms with Gasteiger partial charge in [0.2, 0.25) is 5.91 Å². The number of carbonyl (C=O) groups is 2. The third-order valence-corrected chi connectivity index (χ3v) is 3.54. The van der Waals surface area contributed by atoms with Crippen LogP contribution in [0.1, 0.15) is 22.3 Å². The number of aryl methyl sites for hydroxylation is 1. The van der Waals surface area contributed by atoms with Crippen molar-refractivity contribution in [2.24, 2.45) is 0 Å².